The fraction of sp³-hybridized carbons (Fsp3) is 0.222. The first-order valence-corrected chi connectivity index (χ1v) is 7.52. The van der Waals surface area contributed by atoms with Crippen molar-refractivity contribution in [3.8, 4) is 5.75 Å². The summed E-state index contributed by atoms with van der Waals surface area (Å²) in [6.45, 7) is 3.74. The highest BCUT2D eigenvalue weighted by Crippen LogP contribution is 2.23. The number of rotatable bonds is 4. The van der Waals surface area contributed by atoms with Crippen molar-refractivity contribution in [2.75, 3.05) is 5.32 Å². The highest BCUT2D eigenvalue weighted by Gasteiger charge is 2.30. The molecule has 0 aliphatic carbocycles. The average Bonchev–Trinajstić information content (AvgIpc) is 2.90. The van der Waals surface area contributed by atoms with Gasteiger partial charge in [0.2, 0.25) is 0 Å². The molecule has 1 aliphatic rings. The Morgan fingerprint density at radius 1 is 1.21 bits per heavy atom. The van der Waals surface area contributed by atoms with Gasteiger partial charge in [0, 0.05) is 17.8 Å². The van der Waals surface area contributed by atoms with E-state index in [1.54, 1.807) is 32.0 Å². The van der Waals surface area contributed by atoms with E-state index in [2.05, 4.69) is 10.6 Å². The molecule has 2 aromatic carbocycles. The van der Waals surface area contributed by atoms with E-state index in [0.717, 1.165) is 5.56 Å². The SMILES string of the molecule is CC(C)(Oc1ccc(F)cc1)C(=O)Nc1ccc2c(c1)C(=O)NC2. The summed E-state index contributed by atoms with van der Waals surface area (Å²) < 4.78 is 18.6. The second kappa shape index (κ2) is 5.96. The molecule has 3 rings (SSSR count). The second-order valence-electron chi connectivity index (χ2n) is 6.08. The van der Waals surface area contributed by atoms with E-state index in [1.807, 2.05) is 0 Å². The summed E-state index contributed by atoms with van der Waals surface area (Å²) >= 11 is 0. The Morgan fingerprint density at radius 2 is 1.92 bits per heavy atom. The Bertz CT molecular complexity index is 800. The maximum absolute atomic E-state index is 12.9. The normalized spacial score (nSPS) is 13.2. The van der Waals surface area contributed by atoms with Crippen LogP contribution in [-0.2, 0) is 11.3 Å². The summed E-state index contributed by atoms with van der Waals surface area (Å²) in [7, 11) is 0. The number of hydrogen-bond donors (Lipinski definition) is 2. The Balaban J connectivity index is 1.72. The molecule has 2 N–H and O–H groups in total. The molecular weight excluding hydrogens is 311 g/mol. The lowest BCUT2D eigenvalue weighted by Crippen LogP contribution is -2.42. The summed E-state index contributed by atoms with van der Waals surface area (Å²) in [6, 6.07) is 10.6. The molecule has 0 spiro atoms. The number of benzene rings is 2. The molecule has 2 aromatic rings. The molecule has 0 saturated heterocycles. The van der Waals surface area contributed by atoms with E-state index >= 15 is 0 Å². The summed E-state index contributed by atoms with van der Waals surface area (Å²) in [5.74, 6) is -0.501. The van der Waals surface area contributed by atoms with Gasteiger partial charge in [0.05, 0.1) is 0 Å². The van der Waals surface area contributed by atoms with Crippen LogP contribution in [0.4, 0.5) is 10.1 Å². The molecule has 0 fully saturated rings. The molecule has 24 heavy (non-hydrogen) atoms. The summed E-state index contributed by atoms with van der Waals surface area (Å²) in [4.78, 5) is 24.2. The first kappa shape index (κ1) is 16.0. The van der Waals surface area contributed by atoms with Crippen molar-refractivity contribution in [3.63, 3.8) is 0 Å². The standard InChI is InChI=1S/C18H17FN2O3/c1-18(2,24-14-7-4-12(19)5-8-14)17(23)21-13-6-3-11-10-20-16(22)15(11)9-13/h3-9H,10H2,1-2H3,(H,20,22)(H,21,23). The molecule has 0 atom stereocenters. The number of halogens is 1. The molecular formula is C18H17FN2O3. The van der Waals surface area contributed by atoms with Gasteiger partial charge in [0.1, 0.15) is 11.6 Å². The lowest BCUT2D eigenvalue weighted by Gasteiger charge is -2.25. The van der Waals surface area contributed by atoms with Crippen molar-refractivity contribution in [1.29, 1.82) is 0 Å². The molecule has 0 radical (unpaired) electrons. The number of carbonyl (C=O) groups is 2. The van der Waals surface area contributed by atoms with Crippen molar-refractivity contribution >= 4 is 17.5 Å². The van der Waals surface area contributed by atoms with Gasteiger partial charge >= 0.3 is 0 Å². The van der Waals surface area contributed by atoms with Crippen LogP contribution in [0.25, 0.3) is 0 Å². The third-order valence-corrected chi connectivity index (χ3v) is 3.79. The van der Waals surface area contributed by atoms with Crippen molar-refractivity contribution in [1.82, 2.24) is 5.32 Å². The number of ether oxygens (including phenoxy) is 1. The Hall–Kier alpha value is -2.89. The lowest BCUT2D eigenvalue weighted by atomic mass is 10.1. The van der Waals surface area contributed by atoms with Gasteiger partial charge in [-0.3, -0.25) is 9.59 Å². The molecule has 5 nitrogen and oxygen atoms in total. The van der Waals surface area contributed by atoms with Crippen LogP contribution in [0.5, 0.6) is 5.75 Å². The predicted octanol–water partition coefficient (Wildman–Crippen LogP) is 2.87. The number of carbonyl (C=O) groups excluding carboxylic acids is 2. The van der Waals surface area contributed by atoms with E-state index < -0.39 is 5.60 Å². The maximum atomic E-state index is 12.9. The smallest absolute Gasteiger partial charge is 0.267 e. The average molecular weight is 328 g/mol. The quantitative estimate of drug-likeness (QED) is 0.907. The van der Waals surface area contributed by atoms with Crippen LogP contribution in [0.15, 0.2) is 42.5 Å². The first-order valence-electron chi connectivity index (χ1n) is 7.52. The van der Waals surface area contributed by atoms with Crippen molar-refractivity contribution in [2.24, 2.45) is 0 Å². The van der Waals surface area contributed by atoms with Gasteiger partial charge in [-0.05, 0) is 55.8 Å². The van der Waals surface area contributed by atoms with Crippen LogP contribution in [0.2, 0.25) is 0 Å². The number of hydrogen-bond acceptors (Lipinski definition) is 3. The number of amides is 2. The Morgan fingerprint density at radius 3 is 2.62 bits per heavy atom. The van der Waals surface area contributed by atoms with Gasteiger partial charge in [0.25, 0.3) is 11.8 Å². The van der Waals surface area contributed by atoms with Crippen molar-refractivity contribution in [2.45, 2.75) is 26.0 Å². The fourth-order valence-electron chi connectivity index (χ4n) is 2.42. The van der Waals surface area contributed by atoms with Crippen LogP contribution in [0, 0.1) is 5.82 Å². The molecule has 0 bridgehead atoms. The van der Waals surface area contributed by atoms with Gasteiger partial charge in [-0.25, -0.2) is 4.39 Å². The largest absolute Gasteiger partial charge is 0.478 e. The highest BCUT2D eigenvalue weighted by molar-refractivity contribution is 6.01. The zero-order chi connectivity index (χ0) is 17.3. The highest BCUT2D eigenvalue weighted by atomic mass is 19.1. The van der Waals surface area contributed by atoms with E-state index in [-0.39, 0.29) is 17.6 Å². The van der Waals surface area contributed by atoms with E-state index in [0.29, 0.717) is 23.5 Å². The minimum atomic E-state index is -1.17. The molecule has 2 amide bonds. The third kappa shape index (κ3) is 3.22. The van der Waals surface area contributed by atoms with Gasteiger partial charge < -0.3 is 15.4 Å². The van der Waals surface area contributed by atoms with Gasteiger partial charge in [-0.15, -0.1) is 0 Å². The Kier molecular flexibility index (Phi) is 3.97. The summed E-state index contributed by atoms with van der Waals surface area (Å²) in [5, 5.41) is 5.47. The second-order valence-corrected chi connectivity index (χ2v) is 6.08. The van der Waals surface area contributed by atoms with Crippen molar-refractivity contribution in [3.05, 3.63) is 59.4 Å². The maximum Gasteiger partial charge on any atom is 0.267 e. The van der Waals surface area contributed by atoms with E-state index in [4.69, 9.17) is 4.74 Å². The van der Waals surface area contributed by atoms with Gasteiger partial charge in [0.15, 0.2) is 5.60 Å². The van der Waals surface area contributed by atoms with Gasteiger partial charge in [-0.2, -0.15) is 0 Å². The first-order chi connectivity index (χ1) is 11.3. The molecule has 0 aromatic heterocycles. The van der Waals surface area contributed by atoms with E-state index in [9.17, 15) is 14.0 Å². The third-order valence-electron chi connectivity index (χ3n) is 3.79. The molecule has 6 heteroatoms. The van der Waals surface area contributed by atoms with E-state index in [1.165, 1.54) is 24.3 Å². The summed E-state index contributed by atoms with van der Waals surface area (Å²) in [5.41, 5.74) is 0.815. The molecule has 0 unspecified atom stereocenters. The van der Waals surface area contributed by atoms with Gasteiger partial charge in [-0.1, -0.05) is 6.07 Å². The summed E-state index contributed by atoms with van der Waals surface area (Å²) in [6.07, 6.45) is 0. The van der Waals surface area contributed by atoms with Crippen LogP contribution in [0.3, 0.4) is 0 Å². The minimum Gasteiger partial charge on any atom is -0.478 e. The number of anilines is 1. The Labute approximate surface area is 138 Å². The van der Waals surface area contributed by atoms with Crippen LogP contribution >= 0.6 is 0 Å². The van der Waals surface area contributed by atoms with Crippen molar-refractivity contribution < 1.29 is 18.7 Å². The molecule has 1 heterocycles. The van der Waals surface area contributed by atoms with Crippen LogP contribution in [-0.4, -0.2) is 17.4 Å². The number of fused-ring (bicyclic) bond motifs is 1. The predicted molar refractivity (Wildman–Crippen MR) is 87.3 cm³/mol. The minimum absolute atomic E-state index is 0.150. The molecule has 0 saturated carbocycles. The topological polar surface area (TPSA) is 67.4 Å². The monoisotopic (exact) mass is 328 g/mol. The number of nitrogens with one attached hydrogen (secondary N) is 2. The zero-order valence-corrected chi connectivity index (χ0v) is 13.4. The zero-order valence-electron chi connectivity index (χ0n) is 13.4. The molecule has 124 valence electrons. The fourth-order valence-corrected chi connectivity index (χ4v) is 2.42. The molecule has 1 aliphatic heterocycles. The van der Waals surface area contributed by atoms with Crippen LogP contribution in [0.1, 0.15) is 29.8 Å². The lowest BCUT2D eigenvalue weighted by molar-refractivity contribution is -0.128. The van der Waals surface area contributed by atoms with Crippen LogP contribution < -0.4 is 15.4 Å².